The molecule has 0 saturated heterocycles. The van der Waals surface area contributed by atoms with Crippen molar-refractivity contribution in [1.82, 2.24) is 0 Å². The first-order chi connectivity index (χ1) is 8.61. The molecule has 0 spiro atoms. The molecule has 1 unspecified atom stereocenters. The van der Waals surface area contributed by atoms with Gasteiger partial charge in [0.25, 0.3) is 0 Å². The minimum Gasteiger partial charge on any atom is -0.496 e. The molecule has 2 nitrogen and oxygen atoms in total. The molecule has 0 heterocycles. The summed E-state index contributed by atoms with van der Waals surface area (Å²) < 4.78 is 5.34. The molecule has 2 aromatic carbocycles. The van der Waals surface area contributed by atoms with E-state index in [9.17, 15) is 0 Å². The number of aryl methyl sites for hydroxylation is 2. The van der Waals surface area contributed by atoms with Crippen LogP contribution < -0.4 is 10.5 Å². The summed E-state index contributed by atoms with van der Waals surface area (Å²) in [6, 6.07) is 14.3. The largest absolute Gasteiger partial charge is 0.496 e. The molecule has 18 heavy (non-hydrogen) atoms. The van der Waals surface area contributed by atoms with E-state index in [1.807, 2.05) is 19.1 Å². The summed E-state index contributed by atoms with van der Waals surface area (Å²) in [4.78, 5) is 0. The van der Waals surface area contributed by atoms with Gasteiger partial charge in [0.15, 0.2) is 0 Å². The van der Waals surface area contributed by atoms with Gasteiger partial charge in [0.2, 0.25) is 0 Å². The summed E-state index contributed by atoms with van der Waals surface area (Å²) in [5.41, 5.74) is 10.8. The second-order valence-corrected chi connectivity index (χ2v) is 4.62. The highest BCUT2D eigenvalue weighted by Crippen LogP contribution is 2.26. The number of ether oxygens (including phenoxy) is 1. The van der Waals surface area contributed by atoms with Gasteiger partial charge in [0, 0.05) is 0 Å². The van der Waals surface area contributed by atoms with Crippen LogP contribution in [0.1, 0.15) is 28.3 Å². The fourth-order valence-corrected chi connectivity index (χ4v) is 2.00. The molecule has 0 aliphatic rings. The van der Waals surface area contributed by atoms with Crippen LogP contribution in [0.2, 0.25) is 0 Å². The van der Waals surface area contributed by atoms with E-state index < -0.39 is 0 Å². The molecule has 0 radical (unpaired) electrons. The predicted octanol–water partition coefficient (Wildman–Crippen LogP) is 3.36. The SMILES string of the molecule is COc1cc(C(N)c2ccc(C)cc2)ccc1C. The molecule has 94 valence electrons. The van der Waals surface area contributed by atoms with E-state index >= 15 is 0 Å². The first-order valence-electron chi connectivity index (χ1n) is 6.08. The standard InChI is InChI=1S/C16H19NO/c1-11-4-7-13(8-5-11)16(17)14-9-6-12(2)15(10-14)18-3/h4-10,16H,17H2,1-3H3. The fraction of sp³-hybridized carbons (Fsp3) is 0.250. The topological polar surface area (TPSA) is 35.2 Å². The lowest BCUT2D eigenvalue weighted by Gasteiger charge is -2.15. The summed E-state index contributed by atoms with van der Waals surface area (Å²) in [6.07, 6.45) is 0. The summed E-state index contributed by atoms with van der Waals surface area (Å²) in [6.45, 7) is 4.10. The van der Waals surface area contributed by atoms with Crippen molar-refractivity contribution in [3.8, 4) is 5.75 Å². The lowest BCUT2D eigenvalue weighted by atomic mass is 9.97. The quantitative estimate of drug-likeness (QED) is 0.894. The summed E-state index contributed by atoms with van der Waals surface area (Å²) >= 11 is 0. The Hall–Kier alpha value is -1.80. The second kappa shape index (κ2) is 5.23. The molecular formula is C16H19NO. The Morgan fingerprint density at radius 1 is 0.944 bits per heavy atom. The van der Waals surface area contributed by atoms with Crippen LogP contribution in [0.25, 0.3) is 0 Å². The van der Waals surface area contributed by atoms with E-state index in [0.29, 0.717) is 0 Å². The average Bonchev–Trinajstić information content (AvgIpc) is 2.39. The number of hydrogen-bond acceptors (Lipinski definition) is 2. The molecule has 2 heteroatoms. The lowest BCUT2D eigenvalue weighted by Crippen LogP contribution is -2.12. The first-order valence-corrected chi connectivity index (χ1v) is 6.08. The van der Waals surface area contributed by atoms with Gasteiger partial charge in [-0.3, -0.25) is 0 Å². The van der Waals surface area contributed by atoms with Crippen molar-refractivity contribution < 1.29 is 4.74 Å². The summed E-state index contributed by atoms with van der Waals surface area (Å²) in [5.74, 6) is 0.884. The highest BCUT2D eigenvalue weighted by molar-refractivity contribution is 5.41. The number of benzene rings is 2. The smallest absolute Gasteiger partial charge is 0.122 e. The zero-order chi connectivity index (χ0) is 13.1. The van der Waals surface area contributed by atoms with Crippen molar-refractivity contribution >= 4 is 0 Å². The fourth-order valence-electron chi connectivity index (χ4n) is 2.00. The predicted molar refractivity (Wildman–Crippen MR) is 74.9 cm³/mol. The Balaban J connectivity index is 2.33. The third-order valence-corrected chi connectivity index (χ3v) is 3.23. The van der Waals surface area contributed by atoms with Gasteiger partial charge >= 0.3 is 0 Å². The molecule has 0 fully saturated rings. The summed E-state index contributed by atoms with van der Waals surface area (Å²) in [5, 5.41) is 0. The van der Waals surface area contributed by atoms with Crippen LogP contribution in [0.3, 0.4) is 0 Å². The van der Waals surface area contributed by atoms with Crippen molar-refractivity contribution in [3.63, 3.8) is 0 Å². The van der Waals surface area contributed by atoms with Crippen molar-refractivity contribution in [2.24, 2.45) is 5.73 Å². The number of nitrogens with two attached hydrogens (primary N) is 1. The van der Waals surface area contributed by atoms with Gasteiger partial charge in [0.05, 0.1) is 13.2 Å². The van der Waals surface area contributed by atoms with Crippen molar-refractivity contribution in [3.05, 3.63) is 64.7 Å². The van der Waals surface area contributed by atoms with Gasteiger partial charge in [0.1, 0.15) is 5.75 Å². The van der Waals surface area contributed by atoms with Gasteiger partial charge in [-0.2, -0.15) is 0 Å². The van der Waals surface area contributed by atoms with Gasteiger partial charge in [-0.15, -0.1) is 0 Å². The molecule has 2 N–H and O–H groups in total. The minimum absolute atomic E-state index is 0.111. The monoisotopic (exact) mass is 241 g/mol. The number of methoxy groups -OCH3 is 1. The van der Waals surface area contributed by atoms with Crippen LogP contribution in [0, 0.1) is 13.8 Å². The zero-order valence-electron chi connectivity index (χ0n) is 11.1. The van der Waals surface area contributed by atoms with Crippen LogP contribution in [0.15, 0.2) is 42.5 Å². The van der Waals surface area contributed by atoms with E-state index in [-0.39, 0.29) is 6.04 Å². The van der Waals surface area contributed by atoms with E-state index in [4.69, 9.17) is 10.5 Å². The Morgan fingerprint density at radius 2 is 1.56 bits per heavy atom. The molecular weight excluding hydrogens is 222 g/mol. The average molecular weight is 241 g/mol. The second-order valence-electron chi connectivity index (χ2n) is 4.62. The van der Waals surface area contributed by atoms with Gasteiger partial charge in [-0.25, -0.2) is 0 Å². The third kappa shape index (κ3) is 2.54. The molecule has 0 aliphatic carbocycles. The minimum atomic E-state index is -0.111. The Morgan fingerprint density at radius 3 is 2.17 bits per heavy atom. The molecule has 1 atom stereocenters. The van der Waals surface area contributed by atoms with E-state index in [2.05, 4.69) is 37.3 Å². The molecule has 0 amide bonds. The number of rotatable bonds is 3. The molecule has 0 saturated carbocycles. The maximum absolute atomic E-state index is 6.28. The number of hydrogen-bond donors (Lipinski definition) is 1. The normalized spacial score (nSPS) is 12.2. The van der Waals surface area contributed by atoms with Crippen LogP contribution in [-0.4, -0.2) is 7.11 Å². The van der Waals surface area contributed by atoms with Gasteiger partial charge < -0.3 is 10.5 Å². The maximum Gasteiger partial charge on any atom is 0.122 e. The van der Waals surface area contributed by atoms with Crippen molar-refractivity contribution in [2.45, 2.75) is 19.9 Å². The molecule has 2 aromatic rings. The van der Waals surface area contributed by atoms with Crippen LogP contribution in [-0.2, 0) is 0 Å². The molecule has 0 bridgehead atoms. The van der Waals surface area contributed by atoms with Gasteiger partial charge in [-0.05, 0) is 36.6 Å². The van der Waals surface area contributed by atoms with Crippen LogP contribution in [0.5, 0.6) is 5.75 Å². The lowest BCUT2D eigenvalue weighted by molar-refractivity contribution is 0.411. The Bertz CT molecular complexity index is 531. The van der Waals surface area contributed by atoms with E-state index in [0.717, 1.165) is 22.4 Å². The van der Waals surface area contributed by atoms with E-state index in [1.165, 1.54) is 5.56 Å². The Labute approximate surface area is 108 Å². The first kappa shape index (κ1) is 12.7. The van der Waals surface area contributed by atoms with Gasteiger partial charge in [-0.1, -0.05) is 42.0 Å². The summed E-state index contributed by atoms with van der Waals surface area (Å²) in [7, 11) is 1.68. The van der Waals surface area contributed by atoms with Crippen molar-refractivity contribution in [2.75, 3.05) is 7.11 Å². The molecule has 0 aromatic heterocycles. The zero-order valence-corrected chi connectivity index (χ0v) is 11.1. The van der Waals surface area contributed by atoms with Crippen LogP contribution >= 0.6 is 0 Å². The molecule has 0 aliphatic heterocycles. The van der Waals surface area contributed by atoms with Crippen LogP contribution in [0.4, 0.5) is 0 Å². The highest BCUT2D eigenvalue weighted by atomic mass is 16.5. The maximum atomic E-state index is 6.28. The Kier molecular flexibility index (Phi) is 3.68. The van der Waals surface area contributed by atoms with Crippen molar-refractivity contribution in [1.29, 1.82) is 0 Å². The third-order valence-electron chi connectivity index (χ3n) is 3.23. The highest BCUT2D eigenvalue weighted by Gasteiger charge is 2.10. The molecule has 2 rings (SSSR count). The van der Waals surface area contributed by atoms with E-state index in [1.54, 1.807) is 7.11 Å².